The van der Waals surface area contributed by atoms with Crippen molar-refractivity contribution in [3.63, 3.8) is 0 Å². The molecule has 1 aromatic rings. The van der Waals surface area contributed by atoms with Crippen molar-refractivity contribution in [2.75, 3.05) is 44.7 Å². The molecule has 0 saturated carbocycles. The molecule has 0 spiro atoms. The van der Waals surface area contributed by atoms with E-state index in [1.807, 2.05) is 37.8 Å². The molecule has 150 valence electrons. The van der Waals surface area contributed by atoms with Crippen molar-refractivity contribution in [1.29, 1.82) is 0 Å². The zero-order valence-corrected chi connectivity index (χ0v) is 17.6. The van der Waals surface area contributed by atoms with E-state index in [9.17, 15) is 13.8 Å². The molecule has 1 aliphatic heterocycles. The Bertz CT molecular complexity index is 668. The highest BCUT2D eigenvalue weighted by Crippen LogP contribution is 2.11. The molecule has 1 fully saturated rings. The highest BCUT2D eigenvalue weighted by atomic mass is 32.2. The molecule has 1 aliphatic rings. The fraction of sp³-hybridized carbons (Fsp3) is 0.600. The fourth-order valence-electron chi connectivity index (χ4n) is 3.09. The second kappa shape index (κ2) is 9.99. The lowest BCUT2D eigenvalue weighted by Gasteiger charge is -2.37. The predicted molar refractivity (Wildman–Crippen MR) is 109 cm³/mol. The van der Waals surface area contributed by atoms with Gasteiger partial charge in [-0.25, -0.2) is 0 Å². The minimum Gasteiger partial charge on any atom is -0.340 e. The van der Waals surface area contributed by atoms with Crippen LogP contribution in [0.5, 0.6) is 0 Å². The molecule has 6 nitrogen and oxygen atoms in total. The summed E-state index contributed by atoms with van der Waals surface area (Å²) in [6.45, 7) is 9.50. The highest BCUT2D eigenvalue weighted by molar-refractivity contribution is 7.84. The first-order valence-corrected chi connectivity index (χ1v) is 11.2. The Hall–Kier alpha value is -1.73. The standard InChI is InChI=1S/C20H31N3O3S/c1-15(2)18(21-19(24)17-7-5-16(3)6-8-17)20(25)23-11-9-22(10-12-23)13-14-27(4)26/h5-8,15,18H,9-14H2,1-4H3,(H,21,24)/t18-,27+/m0/s1. The summed E-state index contributed by atoms with van der Waals surface area (Å²) in [6, 6.07) is 6.81. The zero-order chi connectivity index (χ0) is 20.0. The van der Waals surface area contributed by atoms with E-state index in [0.717, 1.165) is 25.2 Å². The van der Waals surface area contributed by atoms with E-state index >= 15 is 0 Å². The van der Waals surface area contributed by atoms with Crippen LogP contribution in [-0.4, -0.2) is 76.6 Å². The van der Waals surface area contributed by atoms with E-state index in [1.54, 1.807) is 18.4 Å². The Labute approximate surface area is 164 Å². The van der Waals surface area contributed by atoms with Gasteiger partial charge in [-0.3, -0.25) is 18.7 Å². The minimum absolute atomic E-state index is 0.00689. The van der Waals surface area contributed by atoms with Crippen molar-refractivity contribution >= 4 is 22.6 Å². The summed E-state index contributed by atoms with van der Waals surface area (Å²) in [7, 11) is -0.795. The van der Waals surface area contributed by atoms with Gasteiger partial charge in [0, 0.05) is 61.1 Å². The average Bonchev–Trinajstić information content (AvgIpc) is 2.64. The lowest BCUT2D eigenvalue weighted by Crippen LogP contribution is -2.56. The third-order valence-corrected chi connectivity index (χ3v) is 5.67. The van der Waals surface area contributed by atoms with Gasteiger partial charge in [0.1, 0.15) is 6.04 Å². The number of carbonyl (C=O) groups excluding carboxylic acids is 2. The molecule has 1 aromatic carbocycles. The second-order valence-electron chi connectivity index (χ2n) is 7.51. The summed E-state index contributed by atoms with van der Waals surface area (Å²) in [5, 5.41) is 2.92. The summed E-state index contributed by atoms with van der Waals surface area (Å²) in [5.74, 6) is 0.428. The Morgan fingerprint density at radius 1 is 1.11 bits per heavy atom. The molecule has 2 amide bonds. The maximum Gasteiger partial charge on any atom is 0.251 e. The first-order valence-electron chi connectivity index (χ1n) is 9.46. The molecule has 1 saturated heterocycles. The third-order valence-electron chi connectivity index (χ3n) is 4.91. The van der Waals surface area contributed by atoms with Crippen molar-refractivity contribution < 1.29 is 13.8 Å². The van der Waals surface area contributed by atoms with Crippen molar-refractivity contribution in [2.24, 2.45) is 5.92 Å². The van der Waals surface area contributed by atoms with E-state index in [2.05, 4.69) is 10.2 Å². The van der Waals surface area contributed by atoms with Gasteiger partial charge >= 0.3 is 0 Å². The van der Waals surface area contributed by atoms with Gasteiger partial charge < -0.3 is 10.2 Å². The van der Waals surface area contributed by atoms with Crippen LogP contribution in [0.2, 0.25) is 0 Å². The van der Waals surface area contributed by atoms with Gasteiger partial charge in [-0.05, 0) is 25.0 Å². The zero-order valence-electron chi connectivity index (χ0n) is 16.7. The molecule has 27 heavy (non-hydrogen) atoms. The van der Waals surface area contributed by atoms with Crippen LogP contribution in [-0.2, 0) is 15.6 Å². The van der Waals surface area contributed by atoms with E-state index < -0.39 is 16.8 Å². The number of piperazine rings is 1. The Morgan fingerprint density at radius 2 is 1.70 bits per heavy atom. The molecule has 0 bridgehead atoms. The van der Waals surface area contributed by atoms with Gasteiger partial charge in [0.15, 0.2) is 0 Å². The number of benzene rings is 1. The van der Waals surface area contributed by atoms with Gasteiger partial charge in [0.25, 0.3) is 5.91 Å². The number of hydrogen-bond acceptors (Lipinski definition) is 4. The van der Waals surface area contributed by atoms with Gasteiger partial charge in [0.2, 0.25) is 5.91 Å². The molecule has 0 unspecified atom stereocenters. The average molecular weight is 394 g/mol. The summed E-state index contributed by atoms with van der Waals surface area (Å²) >= 11 is 0. The van der Waals surface area contributed by atoms with Crippen LogP contribution in [0.25, 0.3) is 0 Å². The molecular weight excluding hydrogens is 362 g/mol. The quantitative estimate of drug-likeness (QED) is 0.758. The number of nitrogens with one attached hydrogen (secondary N) is 1. The maximum atomic E-state index is 13.0. The van der Waals surface area contributed by atoms with Crippen LogP contribution in [0, 0.1) is 12.8 Å². The Kier molecular flexibility index (Phi) is 7.98. The van der Waals surface area contributed by atoms with Crippen LogP contribution < -0.4 is 5.32 Å². The maximum absolute atomic E-state index is 13.0. The summed E-state index contributed by atoms with van der Waals surface area (Å²) in [6.07, 6.45) is 1.71. The molecule has 2 atom stereocenters. The highest BCUT2D eigenvalue weighted by Gasteiger charge is 2.30. The van der Waals surface area contributed by atoms with Gasteiger partial charge in [-0.15, -0.1) is 0 Å². The van der Waals surface area contributed by atoms with E-state index in [4.69, 9.17) is 0 Å². The smallest absolute Gasteiger partial charge is 0.251 e. The molecule has 1 N–H and O–H groups in total. The number of nitrogens with zero attached hydrogens (tertiary/aromatic N) is 2. The Balaban J connectivity index is 1.94. The SMILES string of the molecule is Cc1ccc(C(=O)N[C@H](C(=O)N2CCN(CC[S@@](C)=O)CC2)C(C)C)cc1. The second-order valence-corrected chi connectivity index (χ2v) is 9.06. The third kappa shape index (κ3) is 6.43. The topological polar surface area (TPSA) is 69.7 Å². The summed E-state index contributed by atoms with van der Waals surface area (Å²) in [4.78, 5) is 29.6. The fourth-order valence-corrected chi connectivity index (χ4v) is 3.60. The normalized spacial score (nSPS) is 17.6. The van der Waals surface area contributed by atoms with Crippen molar-refractivity contribution in [3.05, 3.63) is 35.4 Å². The number of aryl methyl sites for hydroxylation is 1. The van der Waals surface area contributed by atoms with Gasteiger partial charge in [-0.2, -0.15) is 0 Å². The summed E-state index contributed by atoms with van der Waals surface area (Å²) < 4.78 is 11.2. The predicted octanol–water partition coefficient (Wildman–Crippen LogP) is 1.27. The molecule has 1 heterocycles. The number of carbonyl (C=O) groups is 2. The number of rotatable bonds is 7. The van der Waals surface area contributed by atoms with Crippen LogP contribution in [0.1, 0.15) is 29.8 Å². The molecular formula is C20H31N3O3S. The summed E-state index contributed by atoms with van der Waals surface area (Å²) in [5.41, 5.74) is 1.66. The van der Waals surface area contributed by atoms with E-state index in [-0.39, 0.29) is 17.7 Å². The lowest BCUT2D eigenvalue weighted by molar-refractivity contribution is -0.136. The van der Waals surface area contributed by atoms with E-state index in [0.29, 0.717) is 24.4 Å². The number of amides is 2. The van der Waals surface area contributed by atoms with Crippen molar-refractivity contribution in [2.45, 2.75) is 26.8 Å². The molecule has 2 rings (SSSR count). The van der Waals surface area contributed by atoms with Crippen LogP contribution in [0.3, 0.4) is 0 Å². The van der Waals surface area contributed by atoms with Gasteiger partial charge in [-0.1, -0.05) is 31.5 Å². The first-order chi connectivity index (χ1) is 12.8. The van der Waals surface area contributed by atoms with E-state index in [1.165, 1.54) is 0 Å². The minimum atomic E-state index is -0.795. The molecule has 0 aliphatic carbocycles. The lowest BCUT2D eigenvalue weighted by atomic mass is 10.0. The van der Waals surface area contributed by atoms with Crippen molar-refractivity contribution in [3.8, 4) is 0 Å². The molecule has 7 heteroatoms. The van der Waals surface area contributed by atoms with Gasteiger partial charge in [0.05, 0.1) is 0 Å². The largest absolute Gasteiger partial charge is 0.340 e. The molecule has 0 aromatic heterocycles. The van der Waals surface area contributed by atoms with Crippen LogP contribution in [0.15, 0.2) is 24.3 Å². The van der Waals surface area contributed by atoms with Crippen LogP contribution >= 0.6 is 0 Å². The molecule has 0 radical (unpaired) electrons. The number of hydrogen-bond donors (Lipinski definition) is 1. The first kappa shape index (κ1) is 21.6. The van der Waals surface area contributed by atoms with Crippen molar-refractivity contribution in [1.82, 2.24) is 15.1 Å². The Morgan fingerprint density at radius 3 is 2.22 bits per heavy atom. The monoisotopic (exact) mass is 393 g/mol. The van der Waals surface area contributed by atoms with Crippen LogP contribution in [0.4, 0.5) is 0 Å².